The quantitative estimate of drug-likeness (QED) is 0.944. The number of aryl methyl sites for hydroxylation is 2. The summed E-state index contributed by atoms with van der Waals surface area (Å²) < 4.78 is 0. The van der Waals surface area contributed by atoms with Crippen LogP contribution in [0.5, 0.6) is 0 Å². The summed E-state index contributed by atoms with van der Waals surface area (Å²) in [5.74, 6) is -0.356. The number of benzene rings is 2. The number of nitrogens with one attached hydrogen (secondary N) is 1. The second-order valence-corrected chi connectivity index (χ2v) is 5.92. The summed E-state index contributed by atoms with van der Waals surface area (Å²) in [7, 11) is 0. The number of Topliss-reactive ketones (excluding diaryl/α,β-unsaturated/α-hetero) is 1. The molecule has 1 amide bonds. The van der Waals surface area contributed by atoms with E-state index in [4.69, 9.17) is 0 Å². The molecule has 22 heavy (non-hydrogen) atoms. The zero-order chi connectivity index (χ0) is 15.7. The predicted octanol–water partition coefficient (Wildman–Crippen LogP) is 3.29. The van der Waals surface area contributed by atoms with Crippen molar-refractivity contribution in [2.24, 2.45) is 0 Å². The van der Waals surface area contributed by atoms with E-state index in [2.05, 4.69) is 11.4 Å². The smallest absolute Gasteiger partial charge is 0.228 e. The van der Waals surface area contributed by atoms with Gasteiger partial charge in [0, 0.05) is 18.5 Å². The van der Waals surface area contributed by atoms with Crippen LogP contribution in [0.2, 0.25) is 0 Å². The molecular weight excluding hydrogens is 274 g/mol. The topological polar surface area (TPSA) is 46.2 Å². The summed E-state index contributed by atoms with van der Waals surface area (Å²) in [4.78, 5) is 24.6. The van der Waals surface area contributed by atoms with Gasteiger partial charge in [-0.25, -0.2) is 0 Å². The lowest BCUT2D eigenvalue weighted by Crippen LogP contribution is -2.28. The van der Waals surface area contributed by atoms with Crippen LogP contribution in [0.3, 0.4) is 0 Å². The van der Waals surface area contributed by atoms with Crippen LogP contribution >= 0.6 is 0 Å². The van der Waals surface area contributed by atoms with E-state index < -0.39 is 0 Å². The maximum absolute atomic E-state index is 12.5. The van der Waals surface area contributed by atoms with Crippen molar-refractivity contribution >= 4 is 11.7 Å². The zero-order valence-electron chi connectivity index (χ0n) is 12.8. The van der Waals surface area contributed by atoms with E-state index in [1.54, 1.807) is 0 Å². The number of fused-ring (bicyclic) bond motifs is 1. The molecule has 2 aromatic rings. The number of ketones is 1. The minimum Gasteiger partial charge on any atom is -0.351 e. The van der Waals surface area contributed by atoms with Crippen LogP contribution in [0.15, 0.2) is 42.5 Å². The van der Waals surface area contributed by atoms with Crippen molar-refractivity contribution < 1.29 is 9.59 Å². The average Bonchev–Trinajstić information content (AvgIpc) is 2.84. The van der Waals surface area contributed by atoms with Crippen molar-refractivity contribution in [1.29, 1.82) is 0 Å². The molecule has 0 saturated heterocycles. The lowest BCUT2D eigenvalue weighted by molar-refractivity contribution is -0.122. The Morgan fingerprint density at radius 2 is 1.95 bits per heavy atom. The first-order chi connectivity index (χ1) is 10.6. The van der Waals surface area contributed by atoms with E-state index in [1.807, 2.05) is 50.2 Å². The van der Waals surface area contributed by atoms with Gasteiger partial charge in [0.1, 0.15) is 0 Å². The molecule has 0 bridgehead atoms. The van der Waals surface area contributed by atoms with Gasteiger partial charge >= 0.3 is 0 Å². The Morgan fingerprint density at radius 1 is 1.18 bits per heavy atom. The number of carbonyl (C=O) groups excluding carboxylic acids is 2. The fourth-order valence-corrected chi connectivity index (χ4v) is 3.14. The highest BCUT2D eigenvalue weighted by Crippen LogP contribution is 2.35. The van der Waals surface area contributed by atoms with Crippen molar-refractivity contribution in [3.8, 4) is 0 Å². The molecule has 0 radical (unpaired) electrons. The maximum atomic E-state index is 12.5. The second-order valence-electron chi connectivity index (χ2n) is 5.92. The molecule has 1 N–H and O–H groups in total. The summed E-state index contributed by atoms with van der Waals surface area (Å²) in [6.07, 6.45) is 0.278. The Labute approximate surface area is 130 Å². The summed E-state index contributed by atoms with van der Waals surface area (Å²) in [6, 6.07) is 13.7. The van der Waals surface area contributed by atoms with Crippen LogP contribution in [0.4, 0.5) is 0 Å². The van der Waals surface area contributed by atoms with Gasteiger partial charge in [-0.2, -0.15) is 0 Å². The Bertz CT molecular complexity index is 749. The summed E-state index contributed by atoms with van der Waals surface area (Å²) >= 11 is 0. The van der Waals surface area contributed by atoms with Crippen molar-refractivity contribution in [2.75, 3.05) is 0 Å². The van der Waals surface area contributed by atoms with Gasteiger partial charge in [-0.3, -0.25) is 9.59 Å². The fraction of sp³-hybridized carbons (Fsp3) is 0.263. The van der Waals surface area contributed by atoms with E-state index in [-0.39, 0.29) is 24.0 Å². The molecule has 0 aromatic heterocycles. The van der Waals surface area contributed by atoms with Crippen molar-refractivity contribution in [1.82, 2.24) is 5.32 Å². The minimum absolute atomic E-state index is 0.0643. The van der Waals surface area contributed by atoms with Crippen molar-refractivity contribution in [3.05, 3.63) is 70.3 Å². The van der Waals surface area contributed by atoms with E-state index >= 15 is 0 Å². The highest BCUT2D eigenvalue weighted by Gasteiger charge is 2.35. The molecule has 1 atom stereocenters. The van der Waals surface area contributed by atoms with E-state index in [1.165, 1.54) is 5.56 Å². The first kappa shape index (κ1) is 14.5. The first-order valence-electron chi connectivity index (χ1n) is 7.52. The average molecular weight is 293 g/mol. The number of hydrogen-bond acceptors (Lipinski definition) is 2. The highest BCUT2D eigenvalue weighted by molar-refractivity contribution is 6.07. The third kappa shape index (κ3) is 2.67. The fourth-order valence-electron chi connectivity index (χ4n) is 3.14. The Balaban J connectivity index is 1.76. The molecule has 0 aliphatic heterocycles. The van der Waals surface area contributed by atoms with Crippen LogP contribution < -0.4 is 5.32 Å². The normalized spacial score (nSPS) is 16.5. The highest BCUT2D eigenvalue weighted by atomic mass is 16.2. The lowest BCUT2D eigenvalue weighted by Gasteiger charge is -2.14. The van der Waals surface area contributed by atoms with Gasteiger partial charge in [-0.15, -0.1) is 0 Å². The SMILES string of the molecule is Cc1cccc(CNC(=O)C2CC(=O)c3cccc(C)c32)c1. The molecule has 3 heteroatoms. The monoisotopic (exact) mass is 293 g/mol. The molecule has 2 aromatic carbocycles. The van der Waals surface area contributed by atoms with Crippen LogP contribution in [0.25, 0.3) is 0 Å². The van der Waals surface area contributed by atoms with Crippen molar-refractivity contribution in [2.45, 2.75) is 32.7 Å². The third-order valence-electron chi connectivity index (χ3n) is 4.23. The molecule has 0 saturated carbocycles. The molecule has 112 valence electrons. The van der Waals surface area contributed by atoms with Crippen LogP contribution in [-0.2, 0) is 11.3 Å². The second kappa shape index (κ2) is 5.76. The van der Waals surface area contributed by atoms with Gasteiger partial charge in [-0.05, 0) is 30.5 Å². The Kier molecular flexibility index (Phi) is 3.80. The largest absolute Gasteiger partial charge is 0.351 e. The molecule has 3 rings (SSSR count). The summed E-state index contributed by atoms with van der Waals surface area (Å²) in [5.41, 5.74) is 4.86. The van der Waals surface area contributed by atoms with E-state index in [9.17, 15) is 9.59 Å². The van der Waals surface area contributed by atoms with Gasteiger partial charge < -0.3 is 5.32 Å². The molecule has 1 aliphatic rings. The van der Waals surface area contributed by atoms with Gasteiger partial charge in [0.25, 0.3) is 0 Å². The minimum atomic E-state index is -0.353. The number of hydrogen-bond donors (Lipinski definition) is 1. The standard InChI is InChI=1S/C19H19NO2/c1-12-5-3-7-14(9-12)11-20-19(22)16-10-17(21)15-8-4-6-13(2)18(15)16/h3-9,16H,10-11H2,1-2H3,(H,20,22). The summed E-state index contributed by atoms with van der Waals surface area (Å²) in [6.45, 7) is 4.48. The zero-order valence-corrected chi connectivity index (χ0v) is 12.8. The number of carbonyl (C=O) groups is 2. The van der Waals surface area contributed by atoms with Gasteiger partial charge in [-0.1, -0.05) is 48.0 Å². The van der Waals surface area contributed by atoms with Crippen LogP contribution in [0.1, 0.15) is 45.0 Å². The maximum Gasteiger partial charge on any atom is 0.228 e. The molecule has 0 fully saturated rings. The first-order valence-corrected chi connectivity index (χ1v) is 7.52. The number of rotatable bonds is 3. The van der Waals surface area contributed by atoms with Gasteiger partial charge in [0.15, 0.2) is 5.78 Å². The molecule has 3 nitrogen and oxygen atoms in total. The number of amides is 1. The molecule has 0 heterocycles. The Morgan fingerprint density at radius 3 is 2.73 bits per heavy atom. The molecule has 0 spiro atoms. The molecular formula is C19H19NO2. The Hall–Kier alpha value is -2.42. The summed E-state index contributed by atoms with van der Waals surface area (Å²) in [5, 5.41) is 2.97. The predicted molar refractivity (Wildman–Crippen MR) is 85.9 cm³/mol. The van der Waals surface area contributed by atoms with Gasteiger partial charge in [0.05, 0.1) is 5.92 Å². The van der Waals surface area contributed by atoms with Gasteiger partial charge in [0.2, 0.25) is 5.91 Å². The third-order valence-corrected chi connectivity index (χ3v) is 4.23. The lowest BCUT2D eigenvalue weighted by atomic mass is 9.96. The molecule has 1 aliphatic carbocycles. The van der Waals surface area contributed by atoms with Crippen molar-refractivity contribution in [3.63, 3.8) is 0 Å². The molecule has 1 unspecified atom stereocenters. The van der Waals surface area contributed by atoms with E-state index in [0.29, 0.717) is 12.1 Å². The van der Waals surface area contributed by atoms with Crippen LogP contribution in [0, 0.1) is 13.8 Å². The van der Waals surface area contributed by atoms with Crippen LogP contribution in [-0.4, -0.2) is 11.7 Å². The van der Waals surface area contributed by atoms with E-state index in [0.717, 1.165) is 16.7 Å².